The van der Waals surface area contributed by atoms with E-state index in [9.17, 15) is 0 Å². The number of aryl methyl sites for hydroxylation is 1. The standard InChI is InChI=1S/C8H7ClNS.ClH3O4/c1-6-5-11-8-7(9)3-2-4-10(6)8;2-1(3,4)5/h2-5H,1H3;2-4H/q+1;. The maximum atomic E-state index is 8.83. The van der Waals surface area contributed by atoms with Crippen LogP contribution in [0.3, 0.4) is 0 Å². The summed E-state index contributed by atoms with van der Waals surface area (Å²) in [6.07, 6.45) is 2.02. The molecule has 0 saturated carbocycles. The van der Waals surface area contributed by atoms with Crippen molar-refractivity contribution in [3.8, 4) is 0 Å². The van der Waals surface area contributed by atoms with Gasteiger partial charge in [0.15, 0.2) is 11.9 Å². The molecule has 16 heavy (non-hydrogen) atoms. The number of pyridine rings is 1. The van der Waals surface area contributed by atoms with Crippen LogP contribution in [0.1, 0.15) is 5.69 Å². The summed E-state index contributed by atoms with van der Waals surface area (Å²) in [4.78, 5) is 1.12. The predicted octanol–water partition coefficient (Wildman–Crippen LogP) is -0.411. The molecule has 90 valence electrons. The van der Waals surface area contributed by atoms with Crippen LogP contribution in [0.25, 0.3) is 4.83 Å². The van der Waals surface area contributed by atoms with Gasteiger partial charge in [-0.25, -0.2) is 0 Å². The fourth-order valence-electron chi connectivity index (χ4n) is 1.06. The molecule has 0 bridgehead atoms. The van der Waals surface area contributed by atoms with E-state index in [1.54, 1.807) is 11.3 Å². The van der Waals surface area contributed by atoms with Crippen molar-refractivity contribution in [2.45, 2.75) is 6.92 Å². The zero-order chi connectivity index (χ0) is 12.3. The van der Waals surface area contributed by atoms with E-state index in [2.05, 4.69) is 16.7 Å². The molecule has 0 aliphatic heterocycles. The molecule has 0 amide bonds. The van der Waals surface area contributed by atoms with Crippen molar-refractivity contribution < 1.29 is 33.3 Å². The van der Waals surface area contributed by atoms with Crippen molar-refractivity contribution in [1.29, 1.82) is 0 Å². The summed E-state index contributed by atoms with van der Waals surface area (Å²) in [5, 5.41) is 2.92. The van der Waals surface area contributed by atoms with Gasteiger partial charge in [0.25, 0.3) is 4.83 Å². The van der Waals surface area contributed by atoms with Crippen molar-refractivity contribution >= 4 is 27.8 Å². The Labute approximate surface area is 103 Å². The average Bonchev–Trinajstić information content (AvgIpc) is 2.47. The maximum absolute atomic E-state index is 8.83. The fourth-order valence-corrected chi connectivity index (χ4v) is 2.25. The normalized spacial score (nSPS) is 12.1. The van der Waals surface area contributed by atoms with Crippen LogP contribution in [0, 0.1) is 17.2 Å². The van der Waals surface area contributed by atoms with Crippen LogP contribution in [0.5, 0.6) is 0 Å². The van der Waals surface area contributed by atoms with E-state index in [1.165, 1.54) is 5.69 Å². The number of nitrogens with zero attached hydrogens (tertiary/aromatic N) is 1. The fraction of sp³-hybridized carbons (Fsp3) is 0.125. The van der Waals surface area contributed by atoms with Gasteiger partial charge in [-0.3, -0.25) is 0 Å². The molecule has 0 unspecified atom stereocenters. The minimum absolute atomic E-state index is 0.825. The van der Waals surface area contributed by atoms with Crippen LogP contribution in [0.2, 0.25) is 5.02 Å². The molecule has 2 heterocycles. The Bertz CT molecular complexity index is 476. The van der Waals surface area contributed by atoms with Gasteiger partial charge in [0.1, 0.15) is 5.02 Å². The molecule has 0 aromatic carbocycles. The average molecular weight is 287 g/mol. The number of hydrogen-bond acceptors (Lipinski definition) is 5. The third-order valence-electron chi connectivity index (χ3n) is 1.62. The molecular formula is C8H10Cl2NO4S+. The van der Waals surface area contributed by atoms with E-state index >= 15 is 0 Å². The second-order valence-corrected chi connectivity index (χ2v) is 4.98. The SMILES string of the molecule is Cc1csc2c(Cl)ccc[n+]12.[O-][Cl+](O)(O)O. The van der Waals surface area contributed by atoms with Gasteiger partial charge in [0.2, 0.25) is 0 Å². The van der Waals surface area contributed by atoms with Crippen molar-refractivity contribution in [2.75, 3.05) is 0 Å². The van der Waals surface area contributed by atoms with Gasteiger partial charge in [-0.1, -0.05) is 22.9 Å². The summed E-state index contributed by atoms with van der Waals surface area (Å²) < 4.78 is 32.3. The number of rotatable bonds is 0. The molecule has 0 aliphatic rings. The Morgan fingerprint density at radius 1 is 1.44 bits per heavy atom. The summed E-state index contributed by atoms with van der Waals surface area (Å²) in [6, 6.07) is 3.86. The molecular weight excluding hydrogens is 277 g/mol. The third-order valence-corrected chi connectivity index (χ3v) is 3.14. The Morgan fingerprint density at radius 2 is 2.00 bits per heavy atom. The van der Waals surface area contributed by atoms with Crippen LogP contribution in [0.15, 0.2) is 23.7 Å². The monoisotopic (exact) mass is 286 g/mol. The second-order valence-electron chi connectivity index (χ2n) is 2.84. The van der Waals surface area contributed by atoms with Gasteiger partial charge in [0, 0.05) is 13.0 Å². The van der Waals surface area contributed by atoms with Gasteiger partial charge < -0.3 is 0 Å². The molecule has 5 nitrogen and oxygen atoms in total. The Kier molecular flexibility index (Phi) is 4.45. The van der Waals surface area contributed by atoms with Gasteiger partial charge in [-0.15, -0.1) is 0 Å². The number of halogens is 2. The first-order valence-electron chi connectivity index (χ1n) is 3.99. The molecule has 0 radical (unpaired) electrons. The molecule has 0 aliphatic carbocycles. The molecule has 0 spiro atoms. The van der Waals surface area contributed by atoms with Crippen LogP contribution in [-0.2, 0) is 0 Å². The Balaban J connectivity index is 0.000000221. The van der Waals surface area contributed by atoms with Crippen LogP contribution in [-0.4, -0.2) is 14.0 Å². The van der Waals surface area contributed by atoms with Crippen LogP contribution >= 0.6 is 22.9 Å². The first kappa shape index (κ1) is 13.6. The zero-order valence-corrected chi connectivity index (χ0v) is 10.5. The topological polar surface area (TPSA) is 87.9 Å². The molecule has 3 N–H and O–H groups in total. The summed E-state index contributed by atoms with van der Waals surface area (Å²) in [5.41, 5.74) is 1.23. The molecule has 2 rings (SSSR count). The van der Waals surface area contributed by atoms with Crippen LogP contribution in [0.4, 0.5) is 0 Å². The van der Waals surface area contributed by atoms with Gasteiger partial charge in [-0.05, 0) is 6.07 Å². The van der Waals surface area contributed by atoms with E-state index < -0.39 is 10.2 Å². The van der Waals surface area contributed by atoms with E-state index in [1.807, 2.05) is 18.3 Å². The summed E-state index contributed by atoms with van der Waals surface area (Å²) >= 11 is 7.63. The second kappa shape index (κ2) is 5.24. The molecule has 8 heteroatoms. The van der Waals surface area contributed by atoms with E-state index in [4.69, 9.17) is 30.2 Å². The van der Waals surface area contributed by atoms with Crippen molar-refractivity contribution in [3.63, 3.8) is 0 Å². The molecule has 2 aromatic heterocycles. The van der Waals surface area contributed by atoms with E-state index in [0.717, 1.165) is 9.85 Å². The number of thiazole rings is 1. The molecule has 0 saturated heterocycles. The summed E-state index contributed by atoms with van der Waals surface area (Å²) in [5.74, 6) is 0. The van der Waals surface area contributed by atoms with Crippen LogP contribution < -0.4 is 9.06 Å². The molecule has 0 atom stereocenters. The van der Waals surface area contributed by atoms with Crippen molar-refractivity contribution in [3.05, 3.63) is 34.4 Å². The number of fused-ring (bicyclic) bond motifs is 1. The number of hydrogen-bond donors (Lipinski definition) is 3. The Morgan fingerprint density at radius 3 is 2.50 bits per heavy atom. The third kappa shape index (κ3) is 4.18. The zero-order valence-electron chi connectivity index (χ0n) is 8.17. The quantitative estimate of drug-likeness (QED) is 0.575. The minimum atomic E-state index is -4.19. The first-order chi connectivity index (χ1) is 7.29. The molecule has 0 fully saturated rings. The van der Waals surface area contributed by atoms with E-state index in [-0.39, 0.29) is 0 Å². The first-order valence-corrected chi connectivity index (χ1v) is 6.57. The molecule has 2 aromatic rings. The number of aromatic nitrogens is 1. The van der Waals surface area contributed by atoms with Gasteiger partial charge in [-0.2, -0.15) is 4.40 Å². The van der Waals surface area contributed by atoms with Crippen molar-refractivity contribution in [2.24, 2.45) is 0 Å². The summed E-state index contributed by atoms with van der Waals surface area (Å²) in [6.45, 7) is 2.07. The van der Waals surface area contributed by atoms with E-state index in [0.29, 0.717) is 0 Å². The predicted molar refractivity (Wildman–Crippen MR) is 53.9 cm³/mol. The summed E-state index contributed by atoms with van der Waals surface area (Å²) in [7, 11) is -4.19. The van der Waals surface area contributed by atoms with Gasteiger partial charge in [0.05, 0.1) is 5.38 Å². The Hall–Kier alpha value is -0.470. The van der Waals surface area contributed by atoms with Gasteiger partial charge >= 0.3 is 28.9 Å². The van der Waals surface area contributed by atoms with Crippen molar-refractivity contribution in [1.82, 2.24) is 0 Å².